The quantitative estimate of drug-likeness (QED) is 0.119. The third kappa shape index (κ3) is 16.1. The first kappa shape index (κ1) is 88.5. The van der Waals surface area contributed by atoms with Crippen molar-refractivity contribution in [2.24, 2.45) is 42.3 Å². The SMILES string of the molecule is Cc1ccc2oc3cccc(C#N)c3c2c1-c1cccc[n+]1C.[C-]#[N+]c1c(-c2cccc[n+]2C)c(C)cc2oc3ccccc3c12.[C-]#[N+]c1ccc2c(c1)oc1ccc(C)c(-c3cccc[n+]3C)c12.[C-]#[N+]c1ccc2oc3ccc(C)c(-c4cccc[n+]4C)c3c2c1.[C-]#[N+]c1cccc2c1oc1ccc(C)c(-c3cccc[n+]3C)c12.[C-]#[N+]c1cccc2oc3cc(C)c(-c4cccc[n+]4C)cc3c12. The highest BCUT2D eigenvalue weighted by atomic mass is 16.3. The van der Waals surface area contributed by atoms with Crippen molar-refractivity contribution >= 4 is 160 Å². The number of para-hydroxylation sites is 2. The Morgan fingerprint density at radius 2 is 0.601 bits per heavy atom. The molecule has 0 amide bonds. The first-order valence-electron chi connectivity index (χ1n) is 44.9. The summed E-state index contributed by atoms with van der Waals surface area (Å²) in [6.45, 7) is 49.5. The van der Waals surface area contributed by atoms with E-state index < -0.39 is 0 Å². The highest BCUT2D eigenvalue weighted by Crippen LogP contribution is 2.48. The van der Waals surface area contributed by atoms with Gasteiger partial charge in [0.15, 0.2) is 54.2 Å². The van der Waals surface area contributed by atoms with Gasteiger partial charge in [-0.3, -0.25) is 0 Å². The molecule has 0 aliphatic carbocycles. The lowest BCUT2D eigenvalue weighted by atomic mass is 9.96. The second kappa shape index (κ2) is 37.1. The third-order valence-corrected chi connectivity index (χ3v) is 25.7. The fourth-order valence-corrected chi connectivity index (χ4v) is 19.0. The van der Waals surface area contributed by atoms with Crippen LogP contribution in [0.2, 0.25) is 0 Å². The van der Waals surface area contributed by atoms with Crippen LogP contribution in [0, 0.1) is 85.7 Å². The van der Waals surface area contributed by atoms with Gasteiger partial charge >= 0.3 is 0 Å². The first-order valence-corrected chi connectivity index (χ1v) is 44.9. The van der Waals surface area contributed by atoms with Crippen LogP contribution >= 0.6 is 0 Å². The monoisotopic (exact) mass is 1790 g/mol. The maximum atomic E-state index is 9.50. The van der Waals surface area contributed by atoms with E-state index in [0.717, 1.165) is 205 Å². The van der Waals surface area contributed by atoms with Crippen molar-refractivity contribution in [3.05, 3.63) is 424 Å². The summed E-state index contributed by atoms with van der Waals surface area (Å²) >= 11 is 0. The van der Waals surface area contributed by atoms with Crippen LogP contribution in [0.3, 0.4) is 0 Å². The van der Waals surface area contributed by atoms with Crippen molar-refractivity contribution in [3.63, 3.8) is 0 Å². The van der Waals surface area contributed by atoms with E-state index in [2.05, 4.69) is 154 Å². The van der Waals surface area contributed by atoms with Crippen molar-refractivity contribution in [2.75, 3.05) is 0 Å². The van der Waals surface area contributed by atoms with Crippen LogP contribution < -0.4 is 27.4 Å². The number of benzene rings is 12. The molecule has 18 nitrogen and oxygen atoms in total. The molecule has 24 rings (SSSR count). The predicted octanol–water partition coefficient (Wildman–Crippen LogP) is 28.9. The van der Waals surface area contributed by atoms with Gasteiger partial charge in [-0.15, -0.1) is 0 Å². The zero-order chi connectivity index (χ0) is 95.8. The Hall–Kier alpha value is -18.7. The topological polar surface area (TPSA) is 148 Å². The lowest BCUT2D eigenvalue weighted by Crippen LogP contribution is -2.30. The number of hydrogen-bond acceptors (Lipinski definition) is 7. The largest absolute Gasteiger partial charge is 0.467 e. The maximum Gasteiger partial charge on any atom is 0.229 e. The molecule has 0 N–H and O–H groups in total. The van der Waals surface area contributed by atoms with Crippen LogP contribution in [0.4, 0.5) is 28.4 Å². The van der Waals surface area contributed by atoms with E-state index in [9.17, 15) is 5.26 Å². The van der Waals surface area contributed by atoms with Gasteiger partial charge < -0.3 is 26.5 Å². The molecule has 18 heteroatoms. The molecule has 0 fully saturated rings. The molecule has 0 saturated carbocycles. The fraction of sp³-hybridized carbons (Fsp3) is 0.100. The number of fused-ring (bicyclic) bond motifs is 18. The van der Waals surface area contributed by atoms with Crippen molar-refractivity contribution in [1.82, 2.24) is 0 Å². The Morgan fingerprint density at radius 1 is 0.239 bits per heavy atom. The number of nitrogens with zero attached hydrogens (tertiary/aromatic N) is 12. The molecule has 0 bridgehead atoms. The van der Waals surface area contributed by atoms with E-state index in [1.807, 2.05) is 303 Å². The van der Waals surface area contributed by atoms with Crippen molar-refractivity contribution in [2.45, 2.75) is 41.5 Å². The van der Waals surface area contributed by atoms with E-state index in [4.69, 9.17) is 59.4 Å². The Morgan fingerprint density at radius 3 is 1.12 bits per heavy atom. The number of aromatic nitrogens is 6. The van der Waals surface area contributed by atoms with E-state index in [-0.39, 0.29) is 0 Å². The number of rotatable bonds is 6. The van der Waals surface area contributed by atoms with Gasteiger partial charge in [-0.1, -0.05) is 97.1 Å². The average molecular weight is 1800 g/mol. The van der Waals surface area contributed by atoms with Crippen LogP contribution in [0.1, 0.15) is 38.9 Å². The molecule has 0 aliphatic rings. The lowest BCUT2D eigenvalue weighted by Gasteiger charge is -2.08. The third-order valence-electron chi connectivity index (χ3n) is 25.7. The summed E-state index contributed by atoms with van der Waals surface area (Å²) in [7, 11) is 12.2. The molecule has 24 aromatic rings. The molecule has 138 heavy (non-hydrogen) atoms. The molecular formula is C120H90N12O6+6. The van der Waals surface area contributed by atoms with Crippen LogP contribution in [0.5, 0.6) is 0 Å². The Kier molecular flexibility index (Phi) is 23.8. The van der Waals surface area contributed by atoms with Gasteiger partial charge in [-0.05, 0) is 196 Å². The molecule has 12 aromatic carbocycles. The summed E-state index contributed by atoms with van der Waals surface area (Å²) in [6, 6.07) is 97.8. The van der Waals surface area contributed by atoms with Crippen molar-refractivity contribution in [1.29, 1.82) is 5.26 Å². The standard InChI is InChI=1S/6C20H15N2O/c1-13-10-11-17-19(18(13)16-9-4-5-12-22(16)3)14-7-6-8-15(21-2)20(14)23-17;1-13-11-19-15(12-14(13)17-8-4-5-10-22(17)3)20-16(21-2)7-6-9-18(20)23-19;1-13-12-17-19(14-8-4-5-10-16(14)23-17)20(21-2)18(13)15-9-6-7-11-22(15)3;1-13-7-10-17-20(19(13)16-6-4-5-11-22(16)3)15-9-8-14(21-2)12-18(15)23-17;1-13-7-9-18-20(19(13)16-6-4-5-11-22(16)3)15-12-14(21-2)8-10-17(15)23-18;1-13-9-10-17-20(18(13)15-7-3-4-11-22(15)2)19-14(12-21)6-5-8-16(19)23-17/h5*4-12H,1,3H3;3-11H,1-2H3/q6*+1. The minimum absolute atomic E-state index is 0.555. The second-order valence-electron chi connectivity index (χ2n) is 34.3. The lowest BCUT2D eigenvalue weighted by molar-refractivity contribution is -0.660. The molecule has 0 saturated heterocycles. The highest BCUT2D eigenvalue weighted by molar-refractivity contribution is 6.20. The summed E-state index contributed by atoms with van der Waals surface area (Å²) in [6.07, 6.45) is 12.2. The zero-order valence-electron chi connectivity index (χ0n) is 78.0. The Bertz CT molecular complexity index is 9300. The number of aryl methyl sites for hydroxylation is 12. The van der Waals surface area contributed by atoms with Crippen molar-refractivity contribution < 1.29 is 53.9 Å². The summed E-state index contributed by atoms with van der Waals surface area (Å²) in [5.41, 5.74) is 33.6. The molecule has 0 spiro atoms. The van der Waals surface area contributed by atoms with E-state index in [0.29, 0.717) is 39.6 Å². The highest BCUT2D eigenvalue weighted by Gasteiger charge is 2.29. The molecule has 0 unspecified atom stereocenters. The zero-order valence-corrected chi connectivity index (χ0v) is 78.0. The predicted molar refractivity (Wildman–Crippen MR) is 546 cm³/mol. The second-order valence-corrected chi connectivity index (χ2v) is 34.3. The summed E-state index contributed by atoms with van der Waals surface area (Å²) in [5, 5.41) is 21.5. The normalized spacial score (nSPS) is 11.0. The van der Waals surface area contributed by atoms with Crippen LogP contribution in [0.15, 0.2) is 355 Å². The smallest absolute Gasteiger partial charge is 0.229 e. The number of furan rings is 6. The molecule has 0 atom stereocenters. The molecule has 0 radical (unpaired) electrons. The number of pyridine rings is 6. The average Bonchev–Trinajstić information content (AvgIpc) is 1.60. The van der Waals surface area contributed by atoms with Gasteiger partial charge in [-0.2, -0.15) is 5.26 Å². The summed E-state index contributed by atoms with van der Waals surface area (Å²) < 4.78 is 48.5. The van der Waals surface area contributed by atoms with Gasteiger partial charge in [-0.25, -0.2) is 51.6 Å². The summed E-state index contributed by atoms with van der Waals surface area (Å²) in [5.74, 6) is 0. The molecule has 660 valence electrons. The molecular weight excluding hydrogens is 1710 g/mol. The Balaban J connectivity index is 0.000000106. The van der Waals surface area contributed by atoms with Gasteiger partial charge in [0.25, 0.3) is 0 Å². The van der Waals surface area contributed by atoms with E-state index in [1.54, 1.807) is 12.1 Å². The number of nitriles is 1. The minimum Gasteiger partial charge on any atom is -0.467 e. The van der Waals surface area contributed by atoms with E-state index >= 15 is 0 Å². The van der Waals surface area contributed by atoms with Crippen LogP contribution in [0.25, 0.3) is 223 Å². The molecule has 12 aromatic heterocycles. The van der Waals surface area contributed by atoms with Crippen molar-refractivity contribution in [3.8, 4) is 73.6 Å². The summed E-state index contributed by atoms with van der Waals surface area (Å²) in [4.78, 5) is 18.2. The van der Waals surface area contributed by atoms with E-state index in [1.165, 1.54) is 22.3 Å². The fourth-order valence-electron chi connectivity index (χ4n) is 19.0. The maximum absolute atomic E-state index is 9.50. The van der Waals surface area contributed by atoms with Gasteiger partial charge in [0.1, 0.15) is 109 Å². The van der Waals surface area contributed by atoms with Crippen LogP contribution in [-0.2, 0) is 42.3 Å². The van der Waals surface area contributed by atoms with Gasteiger partial charge in [0, 0.05) is 143 Å². The van der Waals surface area contributed by atoms with Crippen LogP contribution in [-0.4, -0.2) is 0 Å². The minimum atomic E-state index is 0.555. The van der Waals surface area contributed by atoms with Gasteiger partial charge in [0.2, 0.25) is 45.5 Å². The Labute approximate surface area is 796 Å². The molecule has 0 aliphatic heterocycles. The first-order chi connectivity index (χ1) is 67.2. The number of hydrogen-bond donors (Lipinski definition) is 0. The van der Waals surface area contributed by atoms with Gasteiger partial charge in [0.05, 0.1) is 72.3 Å². The molecule has 12 heterocycles.